The second-order valence-corrected chi connectivity index (χ2v) is 8.87. The molecular weight excluding hydrogens is 366 g/mol. The summed E-state index contributed by atoms with van der Waals surface area (Å²) in [4.78, 5) is 6.50. The van der Waals surface area contributed by atoms with Crippen LogP contribution < -0.4 is 0 Å². The molecule has 0 aromatic heterocycles. The molecule has 2 unspecified atom stereocenters. The Morgan fingerprint density at radius 3 is 1.59 bits per heavy atom. The van der Waals surface area contributed by atoms with Crippen molar-refractivity contribution in [2.24, 2.45) is 0 Å². The van der Waals surface area contributed by atoms with Crippen LogP contribution in [-0.2, 0) is 19.6 Å². The van der Waals surface area contributed by atoms with Crippen LogP contribution in [0.1, 0.15) is 69.1 Å². The Hall–Kier alpha value is -1.18. The van der Waals surface area contributed by atoms with Crippen molar-refractivity contribution in [1.29, 1.82) is 0 Å². The second kappa shape index (κ2) is 10.7. The minimum Gasteiger partial charge on any atom is -0.507 e. The van der Waals surface area contributed by atoms with Crippen molar-refractivity contribution < 1.29 is 15.3 Å². The largest absolute Gasteiger partial charge is 0.507 e. The first-order valence-electron chi connectivity index (χ1n) is 11.3. The van der Waals surface area contributed by atoms with E-state index in [1.807, 2.05) is 0 Å². The summed E-state index contributed by atoms with van der Waals surface area (Å²) < 4.78 is 0. The molecule has 164 valence electrons. The van der Waals surface area contributed by atoms with Crippen LogP contribution in [0.5, 0.6) is 5.75 Å². The Morgan fingerprint density at radius 2 is 1.21 bits per heavy atom. The van der Waals surface area contributed by atoms with Gasteiger partial charge in [-0.2, -0.15) is 0 Å². The number of aliphatic hydroxyl groups is 2. The molecule has 2 aliphatic heterocycles. The Balaban J connectivity index is 1.84. The monoisotopic (exact) mass is 405 g/mol. The summed E-state index contributed by atoms with van der Waals surface area (Å²) >= 11 is 0. The number of rotatable bonds is 8. The third kappa shape index (κ3) is 6.40. The van der Waals surface area contributed by atoms with Crippen molar-refractivity contribution in [2.45, 2.75) is 84.5 Å². The van der Waals surface area contributed by atoms with Gasteiger partial charge in [0.15, 0.2) is 0 Å². The van der Waals surface area contributed by atoms with Crippen LogP contribution in [0.2, 0.25) is 0 Å². The van der Waals surface area contributed by atoms with Gasteiger partial charge in [-0.1, -0.05) is 12.8 Å². The van der Waals surface area contributed by atoms with E-state index in [2.05, 4.69) is 21.9 Å². The van der Waals surface area contributed by atoms with Crippen LogP contribution in [0.15, 0.2) is 12.1 Å². The second-order valence-electron chi connectivity index (χ2n) is 8.87. The molecule has 3 N–H and O–H groups in total. The van der Waals surface area contributed by atoms with Crippen LogP contribution in [0.25, 0.3) is 0 Å². The van der Waals surface area contributed by atoms with Crippen molar-refractivity contribution in [1.82, 2.24) is 14.7 Å². The van der Waals surface area contributed by atoms with Gasteiger partial charge in [0.2, 0.25) is 0 Å². The maximum Gasteiger partial charge on any atom is 0.124 e. The summed E-state index contributed by atoms with van der Waals surface area (Å²) in [5, 5.41) is 31.2. The van der Waals surface area contributed by atoms with Gasteiger partial charge in [-0.25, -0.2) is 4.90 Å². The highest BCUT2D eigenvalue weighted by Crippen LogP contribution is 2.30. The lowest BCUT2D eigenvalue weighted by atomic mass is 10.0. The minimum absolute atomic E-state index is 0.422. The van der Waals surface area contributed by atoms with Gasteiger partial charge in [-0.15, -0.1) is 0 Å². The quantitative estimate of drug-likeness (QED) is 0.578. The van der Waals surface area contributed by atoms with Crippen molar-refractivity contribution in [3.63, 3.8) is 0 Å². The summed E-state index contributed by atoms with van der Waals surface area (Å²) in [5.41, 5.74) is 2.96. The van der Waals surface area contributed by atoms with E-state index in [0.29, 0.717) is 12.3 Å². The molecule has 2 fully saturated rings. The molecule has 29 heavy (non-hydrogen) atoms. The van der Waals surface area contributed by atoms with Crippen molar-refractivity contribution >= 4 is 0 Å². The van der Waals surface area contributed by atoms with Crippen molar-refractivity contribution in [3.8, 4) is 5.75 Å². The zero-order valence-electron chi connectivity index (χ0n) is 18.2. The van der Waals surface area contributed by atoms with Crippen LogP contribution >= 0.6 is 0 Å². The Labute approximate surface area is 175 Å². The zero-order valence-corrected chi connectivity index (χ0v) is 18.2. The van der Waals surface area contributed by atoms with E-state index in [4.69, 9.17) is 0 Å². The number of phenols is 1. The molecule has 2 atom stereocenters. The zero-order chi connectivity index (χ0) is 20.8. The van der Waals surface area contributed by atoms with E-state index in [-0.39, 0.29) is 0 Å². The van der Waals surface area contributed by atoms with Gasteiger partial charge < -0.3 is 15.3 Å². The van der Waals surface area contributed by atoms with E-state index in [1.165, 1.54) is 38.5 Å². The number of phenolic OH excluding ortho intramolecular Hbond substituents is 1. The minimum atomic E-state index is -0.736. The molecule has 1 aromatic carbocycles. The molecule has 3 rings (SSSR count). The molecular formula is C23H39N3O3. The smallest absolute Gasteiger partial charge is 0.124 e. The van der Waals surface area contributed by atoms with Gasteiger partial charge in [-0.3, -0.25) is 9.80 Å². The standard InChI is InChI=1S/C23H39N3O3/c1-18(27)26(19(2)28)15-20-13-21(16-24-9-5-3-6-10-24)23(29)22(14-20)17-25-11-7-4-8-12-25/h13-14,18-19,27-29H,3-12,15-17H2,1-2H3. The number of aliphatic hydroxyl groups excluding tert-OH is 2. The molecule has 0 spiro atoms. The van der Waals surface area contributed by atoms with Gasteiger partial charge in [0, 0.05) is 30.8 Å². The van der Waals surface area contributed by atoms with Gasteiger partial charge >= 0.3 is 0 Å². The molecule has 0 bridgehead atoms. The fraction of sp³-hybridized carbons (Fsp3) is 0.739. The Bertz CT molecular complexity index is 589. The average molecular weight is 406 g/mol. The Kier molecular flexibility index (Phi) is 8.33. The lowest BCUT2D eigenvalue weighted by molar-refractivity contribution is -0.0897. The molecule has 0 aliphatic carbocycles. The summed E-state index contributed by atoms with van der Waals surface area (Å²) in [6.45, 7) is 9.66. The number of nitrogens with zero attached hydrogens (tertiary/aromatic N) is 3. The Morgan fingerprint density at radius 1 is 0.793 bits per heavy atom. The van der Waals surface area contributed by atoms with Crippen molar-refractivity contribution in [2.75, 3.05) is 26.2 Å². The predicted octanol–water partition coefficient (Wildman–Crippen LogP) is 2.84. The maximum absolute atomic E-state index is 11.1. The topological polar surface area (TPSA) is 70.4 Å². The molecule has 2 saturated heterocycles. The van der Waals surface area contributed by atoms with E-state index < -0.39 is 12.5 Å². The highest BCUT2D eigenvalue weighted by molar-refractivity contribution is 5.44. The summed E-state index contributed by atoms with van der Waals surface area (Å²) in [6, 6.07) is 4.11. The number of benzene rings is 1. The fourth-order valence-corrected chi connectivity index (χ4v) is 4.67. The van der Waals surface area contributed by atoms with Gasteiger partial charge in [-0.05, 0) is 83.4 Å². The third-order valence-electron chi connectivity index (χ3n) is 6.34. The first kappa shape index (κ1) is 22.5. The molecule has 0 radical (unpaired) electrons. The SMILES string of the molecule is CC(O)N(Cc1cc(CN2CCCCC2)c(O)c(CN2CCCCC2)c1)C(C)O. The number of hydrogen-bond acceptors (Lipinski definition) is 6. The molecule has 6 nitrogen and oxygen atoms in total. The lowest BCUT2D eigenvalue weighted by Gasteiger charge is -2.31. The fourth-order valence-electron chi connectivity index (χ4n) is 4.67. The first-order chi connectivity index (χ1) is 13.9. The van der Waals surface area contributed by atoms with Gasteiger partial charge in [0.25, 0.3) is 0 Å². The van der Waals surface area contributed by atoms with Gasteiger partial charge in [0.05, 0.1) is 0 Å². The van der Waals surface area contributed by atoms with E-state index in [1.54, 1.807) is 18.7 Å². The van der Waals surface area contributed by atoms with E-state index in [9.17, 15) is 15.3 Å². The van der Waals surface area contributed by atoms with Crippen LogP contribution in [0, 0.1) is 0 Å². The molecule has 6 heteroatoms. The molecule has 2 heterocycles. The number of hydrogen-bond donors (Lipinski definition) is 3. The number of aromatic hydroxyl groups is 1. The lowest BCUT2D eigenvalue weighted by Crippen LogP contribution is -2.39. The molecule has 1 aromatic rings. The highest BCUT2D eigenvalue weighted by atomic mass is 16.3. The summed E-state index contributed by atoms with van der Waals surface area (Å²) in [5.74, 6) is 0.422. The normalized spacial score (nSPS) is 21.4. The predicted molar refractivity (Wildman–Crippen MR) is 115 cm³/mol. The van der Waals surface area contributed by atoms with Crippen molar-refractivity contribution in [3.05, 3.63) is 28.8 Å². The molecule has 2 aliphatic rings. The third-order valence-corrected chi connectivity index (χ3v) is 6.34. The highest BCUT2D eigenvalue weighted by Gasteiger charge is 2.21. The maximum atomic E-state index is 11.1. The molecule has 0 saturated carbocycles. The van der Waals surface area contributed by atoms with Crippen LogP contribution in [-0.4, -0.2) is 68.7 Å². The summed E-state index contributed by atoms with van der Waals surface area (Å²) in [7, 11) is 0. The summed E-state index contributed by atoms with van der Waals surface area (Å²) in [6.07, 6.45) is 6.00. The number of piperidine rings is 2. The molecule has 0 amide bonds. The van der Waals surface area contributed by atoms with E-state index >= 15 is 0 Å². The van der Waals surface area contributed by atoms with Crippen LogP contribution in [0.4, 0.5) is 0 Å². The van der Waals surface area contributed by atoms with Gasteiger partial charge in [0.1, 0.15) is 18.2 Å². The first-order valence-corrected chi connectivity index (χ1v) is 11.3. The number of likely N-dealkylation sites (tertiary alicyclic amines) is 2. The van der Waals surface area contributed by atoms with E-state index in [0.717, 1.165) is 56.0 Å². The average Bonchev–Trinajstić information content (AvgIpc) is 2.70. The van der Waals surface area contributed by atoms with Crippen LogP contribution in [0.3, 0.4) is 0 Å².